The van der Waals surface area contributed by atoms with Crippen LogP contribution in [0.15, 0.2) is 30.6 Å². The van der Waals surface area contributed by atoms with E-state index in [1.807, 2.05) is 40.9 Å². The fraction of sp³-hybridized carbons (Fsp3) is 0.775. The Balaban J connectivity index is -0.000000417. The highest BCUT2D eigenvalue weighted by atomic mass is 79.9. The normalized spacial score (nSPS) is 11.3. The number of nitrogens with one attached hydrogen (secondary N) is 1. The Morgan fingerprint density at radius 1 is 0.585 bits per heavy atom. The summed E-state index contributed by atoms with van der Waals surface area (Å²) in [5.74, 6) is 0.803. The summed E-state index contributed by atoms with van der Waals surface area (Å²) in [5, 5.41) is 14.8. The van der Waals surface area contributed by atoms with Gasteiger partial charge in [-0.15, -0.1) is 0 Å². The number of unbranched alkanes of at least 4 members (excludes halogenated alkanes) is 8. The van der Waals surface area contributed by atoms with Crippen LogP contribution in [0.25, 0.3) is 0 Å². The molecule has 2 aromatic rings. The molecule has 546 valence electrons. The van der Waals surface area contributed by atoms with E-state index in [0.717, 1.165) is 45.2 Å². The average Bonchev–Trinajstić information content (AvgIpc) is 1.07. The summed E-state index contributed by atoms with van der Waals surface area (Å²) < 4.78 is 38.6. The number of ketones is 5. The predicted molar refractivity (Wildman–Crippen MR) is 376 cm³/mol. The molecule has 94 heavy (non-hydrogen) atoms. The molecule has 1 heterocycles. The lowest BCUT2D eigenvalue weighted by atomic mass is 9.96. The molecule has 1 aromatic heterocycles. The van der Waals surface area contributed by atoms with Crippen molar-refractivity contribution in [2.45, 2.75) is 270 Å². The molecule has 1 aromatic carbocycles. The number of amides is 1. The molecule has 0 saturated carbocycles. The van der Waals surface area contributed by atoms with Crippen molar-refractivity contribution < 1.29 is 99.4 Å². The molecular formula is C71H127BBr2F4N4O10P2. The van der Waals surface area contributed by atoms with Crippen LogP contribution in [0.1, 0.15) is 278 Å². The largest absolute Gasteiger partial charge is 1.00 e. The third-order valence-corrected chi connectivity index (χ3v) is 27.2. The lowest BCUT2D eigenvalue weighted by Gasteiger charge is -2.28. The molecule has 23 heteroatoms. The summed E-state index contributed by atoms with van der Waals surface area (Å²) in [6, 6.07) is 4.74. The van der Waals surface area contributed by atoms with Gasteiger partial charge in [0, 0.05) is 114 Å². The maximum absolute atomic E-state index is 12.9. The average molecular weight is 1510 g/mol. The number of esters is 1. The molecule has 0 fully saturated rings. The summed E-state index contributed by atoms with van der Waals surface area (Å²) in [7, 11) is -3.51. The molecule has 0 saturated heterocycles. The van der Waals surface area contributed by atoms with Gasteiger partial charge in [0.1, 0.15) is 35.5 Å². The molecule has 0 aliphatic heterocycles. The summed E-state index contributed by atoms with van der Waals surface area (Å²) in [5.41, 5.74) is 0.795. The van der Waals surface area contributed by atoms with Crippen molar-refractivity contribution in [1.82, 2.24) is 9.88 Å². The van der Waals surface area contributed by atoms with Crippen LogP contribution in [-0.2, 0) is 47.1 Å². The number of nitro groups is 1. The van der Waals surface area contributed by atoms with E-state index in [1.165, 1.54) is 138 Å². The van der Waals surface area contributed by atoms with E-state index in [9.17, 15) is 56.6 Å². The summed E-state index contributed by atoms with van der Waals surface area (Å²) in [4.78, 5) is 94.8. The van der Waals surface area contributed by atoms with Gasteiger partial charge in [0.15, 0.2) is 5.78 Å². The fourth-order valence-electron chi connectivity index (χ4n) is 10.7. The number of imidazole rings is 1. The molecule has 1 unspecified atom stereocenters. The molecule has 0 spiro atoms. The van der Waals surface area contributed by atoms with E-state index in [2.05, 4.69) is 69.1 Å². The second-order valence-electron chi connectivity index (χ2n) is 26.1. The van der Waals surface area contributed by atoms with Crippen molar-refractivity contribution in [3.05, 3.63) is 57.7 Å². The molecule has 14 nitrogen and oxygen atoms in total. The number of halogens is 6. The highest BCUT2D eigenvalue weighted by Gasteiger charge is 2.36. The number of nitro benzene ring substituents is 1. The second kappa shape index (κ2) is 59.8. The van der Waals surface area contributed by atoms with Gasteiger partial charge in [0.2, 0.25) is 5.91 Å². The van der Waals surface area contributed by atoms with Crippen molar-refractivity contribution in [3.63, 3.8) is 0 Å². The van der Waals surface area contributed by atoms with Crippen molar-refractivity contribution in [2.24, 2.45) is 24.8 Å². The van der Waals surface area contributed by atoms with E-state index in [0.29, 0.717) is 43.2 Å². The van der Waals surface area contributed by atoms with Crippen LogP contribution in [0, 0.1) is 34.8 Å². The molecule has 0 bridgehead atoms. The number of aryl methyl sites for hydroxylation is 2. The smallest absolute Gasteiger partial charge is 0.762 e. The minimum atomic E-state index is -3.67. The number of ether oxygens (including phenoxy) is 1. The van der Waals surface area contributed by atoms with E-state index >= 15 is 0 Å². The topological polar surface area (TPSA) is 193 Å². The quantitative estimate of drug-likeness (QED) is 0.00769. The Morgan fingerprint density at radius 3 is 1.38 bits per heavy atom. The van der Waals surface area contributed by atoms with Gasteiger partial charge in [-0.2, -0.15) is 0 Å². The van der Waals surface area contributed by atoms with Crippen molar-refractivity contribution in [3.8, 4) is 0 Å². The molecule has 1 atom stereocenters. The van der Waals surface area contributed by atoms with Gasteiger partial charge in [-0.3, -0.25) is 56.6 Å². The zero-order chi connectivity index (χ0) is 69.4. The van der Waals surface area contributed by atoms with E-state index < -0.39 is 27.0 Å². The van der Waals surface area contributed by atoms with Crippen molar-refractivity contribution >= 4 is 68.5 Å². The number of hydrogen-bond donors (Lipinski definition) is 1. The van der Waals surface area contributed by atoms with E-state index in [-0.39, 0.29) is 135 Å². The fourth-order valence-corrected chi connectivity index (χ4v) is 21.0. The standard InChI is InChI=1S/C30H51NO5P.C25H48NO3P.C16H27N2O2.BF3.2BrH.FH/c1-7-10-18-37(19-11-8-2,20-12-9-3)21-14-13-15-29(32)26-16-17-27(28(22-26)31(34)35)25(6)23-36-30(33)24(4)5;1-6-9-18-30(19-10-7-2,20-11-8-3)21-12-17-26-25(29)16-14-23(27)13-15-24(28)22(4)5;1-13(2)16(20)9-8-15(19)7-5-6-10-18-12-11-17(4)14(18)3;2-1(3)4;;;/h16-17,22,24-25H,7-15,18-21,23H2,1-6H3;22H,6-21H2,1-5H3;11-13H,5-10H2,1-4H3;;3*1H/q+1;;+1;;;;/p-2. The first kappa shape index (κ1) is 99.4. The molecule has 0 radical (unpaired) electrons. The first-order valence-corrected chi connectivity index (χ1v) is 40.1. The zero-order valence-corrected chi connectivity index (χ0v) is 65.8. The first-order valence-electron chi connectivity index (χ1n) is 35.0. The molecule has 0 aliphatic carbocycles. The number of rotatable bonds is 49. The van der Waals surface area contributed by atoms with E-state index in [1.54, 1.807) is 32.9 Å². The minimum Gasteiger partial charge on any atom is -1.00 e. The Kier molecular flexibility index (Phi) is 63.2. The van der Waals surface area contributed by atoms with Crippen LogP contribution >= 0.6 is 14.5 Å². The Hall–Kier alpha value is -3.28. The lowest BCUT2D eigenvalue weighted by Crippen LogP contribution is -3.00. The number of nitrogens with zero attached hydrogens (tertiary/aromatic N) is 3. The molecule has 0 aliphatic rings. The van der Waals surface area contributed by atoms with Gasteiger partial charge in [-0.05, 0) is 70.6 Å². The van der Waals surface area contributed by atoms with Gasteiger partial charge < -0.3 is 48.7 Å². The van der Waals surface area contributed by atoms with Gasteiger partial charge in [-0.25, -0.2) is 9.13 Å². The zero-order valence-electron chi connectivity index (χ0n) is 60.8. The maximum atomic E-state index is 12.9. The highest BCUT2D eigenvalue weighted by molar-refractivity contribution is 7.76. The minimum absolute atomic E-state index is 0. The number of carbonyl (C=O) groups excluding carboxylic acids is 7. The number of benzene rings is 1. The Bertz CT molecular complexity index is 2340. The van der Waals surface area contributed by atoms with Crippen LogP contribution < -0.4 is 48.6 Å². The Morgan fingerprint density at radius 2 is 0.989 bits per heavy atom. The van der Waals surface area contributed by atoms with Crippen molar-refractivity contribution in [2.75, 3.05) is 62.4 Å². The number of hydrogen-bond acceptors (Lipinski definition) is 10. The first-order chi connectivity index (χ1) is 43.0. The van der Waals surface area contributed by atoms with Crippen LogP contribution in [0.3, 0.4) is 0 Å². The molecule has 1 N–H and O–H groups in total. The van der Waals surface area contributed by atoms with E-state index in [4.69, 9.17) is 4.74 Å². The third kappa shape index (κ3) is 47.6. The van der Waals surface area contributed by atoms with Crippen LogP contribution in [-0.4, -0.2) is 120 Å². The highest BCUT2D eigenvalue weighted by Crippen LogP contribution is 2.62. The van der Waals surface area contributed by atoms with Gasteiger partial charge in [0.25, 0.3) is 11.5 Å². The number of aromatic nitrogens is 2. The lowest BCUT2D eigenvalue weighted by molar-refractivity contribution is -0.677. The maximum Gasteiger partial charge on any atom is 0.762 e. The summed E-state index contributed by atoms with van der Waals surface area (Å²) >= 11 is 0. The third-order valence-electron chi connectivity index (χ3n) is 17.1. The van der Waals surface area contributed by atoms with Crippen molar-refractivity contribution in [1.29, 1.82) is 0 Å². The summed E-state index contributed by atoms with van der Waals surface area (Å²) in [6.45, 7) is 30.3. The molecule has 1 amide bonds. The van der Waals surface area contributed by atoms with Gasteiger partial charge >= 0.3 is 13.5 Å². The van der Waals surface area contributed by atoms with Crippen LogP contribution in [0.4, 0.5) is 18.6 Å². The monoisotopic (exact) mass is 1500 g/mol. The SMILES string of the molecule is CCCC[P+](CCCC)(CCCC)CCCCC(=O)c1ccc(C(C)COC(=O)C(C)C)c([N+](=O)[O-])c1.CCCC[P+](CCCC)(CCCC)CCCNC(=O)CCC(=O)CCC(=O)C(C)C.Cc1n(CCCCC(=O)CCC(=O)C(C)C)cc[n+]1C.FB(F)F.[Br-].[Br-].[F-]. The predicted octanol–water partition coefficient (Wildman–Crippen LogP) is 9.19. The number of carbonyl (C=O) groups is 7. The second-order valence-corrected chi connectivity index (χ2v) is 35.0. The van der Waals surface area contributed by atoms with Gasteiger partial charge in [0.05, 0.1) is 80.3 Å². The molecular weight excluding hydrogens is 1380 g/mol. The van der Waals surface area contributed by atoms with Crippen LogP contribution in [0.2, 0.25) is 0 Å². The molecule has 2 rings (SSSR count). The Labute approximate surface area is 589 Å². The summed E-state index contributed by atoms with van der Waals surface area (Å²) in [6.07, 6.45) is 38.3. The van der Waals surface area contributed by atoms with Crippen LogP contribution in [0.5, 0.6) is 0 Å². The van der Waals surface area contributed by atoms with Gasteiger partial charge in [-0.1, -0.05) is 141 Å². The number of Topliss-reactive ketones (excluding diaryl/α,β-unsaturated/α-hetero) is 5.